The topological polar surface area (TPSA) is 77.8 Å². The SMILES string of the molecule is O=C(NC1CCCc2[nH]c(=O)ccc21)c1cc2c(F)cccc2[nH]1. The Kier molecular flexibility index (Phi) is 3.45. The molecular formula is C18H16FN3O2. The summed E-state index contributed by atoms with van der Waals surface area (Å²) in [6.07, 6.45) is 2.49. The number of pyridine rings is 1. The van der Waals surface area contributed by atoms with Crippen molar-refractivity contribution in [1.29, 1.82) is 0 Å². The summed E-state index contributed by atoms with van der Waals surface area (Å²) in [5.74, 6) is -0.641. The number of aromatic nitrogens is 2. The number of nitrogens with one attached hydrogen (secondary N) is 3. The molecule has 0 spiro atoms. The van der Waals surface area contributed by atoms with E-state index in [9.17, 15) is 14.0 Å². The van der Waals surface area contributed by atoms with Crippen LogP contribution in [0.5, 0.6) is 0 Å². The molecule has 24 heavy (non-hydrogen) atoms. The van der Waals surface area contributed by atoms with Crippen molar-refractivity contribution in [2.24, 2.45) is 0 Å². The summed E-state index contributed by atoms with van der Waals surface area (Å²) in [7, 11) is 0. The fourth-order valence-electron chi connectivity index (χ4n) is 3.33. The van der Waals surface area contributed by atoms with Crippen molar-refractivity contribution in [1.82, 2.24) is 15.3 Å². The monoisotopic (exact) mass is 325 g/mol. The van der Waals surface area contributed by atoms with Crippen molar-refractivity contribution in [3.05, 3.63) is 69.5 Å². The van der Waals surface area contributed by atoms with E-state index in [0.29, 0.717) is 16.6 Å². The number of hydrogen-bond acceptors (Lipinski definition) is 2. The van der Waals surface area contributed by atoms with Gasteiger partial charge in [-0.1, -0.05) is 6.07 Å². The molecule has 2 heterocycles. The van der Waals surface area contributed by atoms with Crippen LogP contribution in [-0.4, -0.2) is 15.9 Å². The van der Waals surface area contributed by atoms with E-state index in [2.05, 4.69) is 15.3 Å². The highest BCUT2D eigenvalue weighted by Gasteiger charge is 2.23. The lowest BCUT2D eigenvalue weighted by Gasteiger charge is -2.25. The maximum Gasteiger partial charge on any atom is 0.268 e. The molecule has 6 heteroatoms. The Morgan fingerprint density at radius 2 is 2.08 bits per heavy atom. The first-order valence-electron chi connectivity index (χ1n) is 7.92. The highest BCUT2D eigenvalue weighted by molar-refractivity contribution is 5.98. The van der Waals surface area contributed by atoms with Gasteiger partial charge < -0.3 is 15.3 Å². The number of hydrogen-bond donors (Lipinski definition) is 3. The molecule has 1 atom stereocenters. The van der Waals surface area contributed by atoms with E-state index in [1.807, 2.05) is 0 Å². The standard InChI is InChI=1S/C18H16FN3O2/c19-12-3-1-4-15-11(12)9-16(20-15)18(24)22-14-6-2-5-13-10(14)7-8-17(23)21-13/h1,3-4,7-9,14,20H,2,5-6H2,(H,21,23)(H,22,24). The van der Waals surface area contributed by atoms with Gasteiger partial charge in [-0.25, -0.2) is 4.39 Å². The van der Waals surface area contributed by atoms with Gasteiger partial charge >= 0.3 is 0 Å². The quantitative estimate of drug-likeness (QED) is 0.677. The summed E-state index contributed by atoms with van der Waals surface area (Å²) in [6.45, 7) is 0. The van der Waals surface area contributed by atoms with Crippen molar-refractivity contribution in [3.8, 4) is 0 Å². The minimum Gasteiger partial charge on any atom is -0.350 e. The van der Waals surface area contributed by atoms with Gasteiger partial charge in [-0.3, -0.25) is 9.59 Å². The van der Waals surface area contributed by atoms with Crippen LogP contribution in [-0.2, 0) is 6.42 Å². The molecule has 1 unspecified atom stereocenters. The zero-order chi connectivity index (χ0) is 16.7. The maximum absolute atomic E-state index is 13.8. The third-order valence-corrected chi connectivity index (χ3v) is 4.49. The summed E-state index contributed by atoms with van der Waals surface area (Å²) in [5.41, 5.74) is 2.60. The first-order chi connectivity index (χ1) is 11.6. The molecule has 122 valence electrons. The number of fused-ring (bicyclic) bond motifs is 2. The average Bonchev–Trinajstić information content (AvgIpc) is 3.00. The van der Waals surface area contributed by atoms with E-state index in [1.165, 1.54) is 18.2 Å². The molecule has 5 nitrogen and oxygen atoms in total. The van der Waals surface area contributed by atoms with Crippen molar-refractivity contribution in [2.45, 2.75) is 25.3 Å². The number of H-pyrrole nitrogens is 2. The molecule has 0 bridgehead atoms. The number of benzene rings is 1. The Balaban J connectivity index is 1.62. The van der Waals surface area contributed by atoms with Crippen LogP contribution in [0.4, 0.5) is 4.39 Å². The van der Waals surface area contributed by atoms with Gasteiger partial charge in [-0.15, -0.1) is 0 Å². The van der Waals surface area contributed by atoms with Crippen LogP contribution >= 0.6 is 0 Å². The number of carbonyl (C=O) groups is 1. The Hall–Kier alpha value is -2.89. The summed E-state index contributed by atoms with van der Waals surface area (Å²) < 4.78 is 13.8. The number of amides is 1. The lowest BCUT2D eigenvalue weighted by atomic mass is 9.91. The number of carbonyl (C=O) groups excluding carboxylic acids is 1. The highest BCUT2D eigenvalue weighted by atomic mass is 19.1. The Bertz CT molecular complexity index is 989. The van der Waals surface area contributed by atoms with Gasteiger partial charge in [-0.2, -0.15) is 0 Å². The second-order valence-corrected chi connectivity index (χ2v) is 6.06. The van der Waals surface area contributed by atoms with Crippen LogP contribution < -0.4 is 10.9 Å². The molecule has 2 aromatic heterocycles. The van der Waals surface area contributed by atoms with Crippen LogP contribution in [0.2, 0.25) is 0 Å². The normalized spacial score (nSPS) is 16.8. The Morgan fingerprint density at radius 1 is 1.21 bits per heavy atom. The molecular weight excluding hydrogens is 309 g/mol. The lowest BCUT2D eigenvalue weighted by Crippen LogP contribution is -2.32. The molecule has 0 fully saturated rings. The number of rotatable bonds is 2. The van der Waals surface area contributed by atoms with Crippen molar-refractivity contribution in [3.63, 3.8) is 0 Å². The second-order valence-electron chi connectivity index (χ2n) is 6.06. The molecule has 1 aliphatic rings. The number of aromatic amines is 2. The van der Waals surface area contributed by atoms with E-state index in [1.54, 1.807) is 18.2 Å². The molecule has 1 aliphatic carbocycles. The average molecular weight is 325 g/mol. The predicted octanol–water partition coefficient (Wildman–Crippen LogP) is 2.80. The van der Waals surface area contributed by atoms with E-state index >= 15 is 0 Å². The number of aryl methyl sites for hydroxylation is 1. The Labute approximate surface area is 136 Å². The minimum absolute atomic E-state index is 0.133. The third kappa shape index (κ3) is 2.50. The molecule has 0 saturated carbocycles. The smallest absolute Gasteiger partial charge is 0.268 e. The van der Waals surface area contributed by atoms with Gasteiger partial charge in [0, 0.05) is 22.7 Å². The number of halogens is 1. The van der Waals surface area contributed by atoms with Crippen molar-refractivity contribution in [2.75, 3.05) is 0 Å². The molecule has 1 aromatic carbocycles. The zero-order valence-corrected chi connectivity index (χ0v) is 12.9. The van der Waals surface area contributed by atoms with Crippen LogP contribution in [0.15, 0.2) is 41.2 Å². The van der Waals surface area contributed by atoms with Gasteiger partial charge in [-0.05, 0) is 49.1 Å². The van der Waals surface area contributed by atoms with Gasteiger partial charge in [0.1, 0.15) is 11.5 Å². The molecule has 3 aromatic rings. The highest BCUT2D eigenvalue weighted by Crippen LogP contribution is 2.28. The first-order valence-corrected chi connectivity index (χ1v) is 7.92. The molecule has 0 aliphatic heterocycles. The summed E-state index contributed by atoms with van der Waals surface area (Å²) in [6, 6.07) is 9.31. The second kappa shape index (κ2) is 5.63. The third-order valence-electron chi connectivity index (χ3n) is 4.49. The van der Waals surface area contributed by atoms with Gasteiger partial charge in [0.05, 0.1) is 6.04 Å². The van der Waals surface area contributed by atoms with E-state index in [-0.39, 0.29) is 23.3 Å². The van der Waals surface area contributed by atoms with Crippen molar-refractivity contribution >= 4 is 16.8 Å². The van der Waals surface area contributed by atoms with Crippen LogP contribution in [0.25, 0.3) is 10.9 Å². The Morgan fingerprint density at radius 3 is 2.92 bits per heavy atom. The van der Waals surface area contributed by atoms with Crippen molar-refractivity contribution < 1.29 is 9.18 Å². The van der Waals surface area contributed by atoms with Gasteiger partial charge in [0.15, 0.2) is 0 Å². The maximum atomic E-state index is 13.8. The molecule has 4 rings (SSSR count). The van der Waals surface area contributed by atoms with E-state index < -0.39 is 0 Å². The summed E-state index contributed by atoms with van der Waals surface area (Å²) in [4.78, 5) is 29.8. The van der Waals surface area contributed by atoms with E-state index in [0.717, 1.165) is 30.5 Å². The largest absolute Gasteiger partial charge is 0.350 e. The summed E-state index contributed by atoms with van der Waals surface area (Å²) >= 11 is 0. The zero-order valence-electron chi connectivity index (χ0n) is 12.9. The molecule has 0 radical (unpaired) electrons. The van der Waals surface area contributed by atoms with Crippen LogP contribution in [0.3, 0.4) is 0 Å². The first kappa shape index (κ1) is 14.7. The molecule has 1 amide bonds. The van der Waals surface area contributed by atoms with Gasteiger partial charge in [0.25, 0.3) is 5.91 Å². The fraction of sp³-hybridized carbons (Fsp3) is 0.222. The molecule has 3 N–H and O–H groups in total. The predicted molar refractivity (Wildman–Crippen MR) is 88.5 cm³/mol. The molecule has 0 saturated heterocycles. The van der Waals surface area contributed by atoms with Crippen LogP contribution in [0, 0.1) is 5.82 Å². The lowest BCUT2D eigenvalue weighted by molar-refractivity contribution is 0.0928. The fourth-order valence-corrected chi connectivity index (χ4v) is 3.33. The minimum atomic E-state index is -0.358. The van der Waals surface area contributed by atoms with E-state index in [4.69, 9.17) is 0 Å². The van der Waals surface area contributed by atoms with Crippen LogP contribution in [0.1, 0.15) is 40.6 Å². The van der Waals surface area contributed by atoms with Gasteiger partial charge in [0.2, 0.25) is 5.56 Å². The summed E-state index contributed by atoms with van der Waals surface area (Å²) in [5, 5.41) is 3.38.